The van der Waals surface area contributed by atoms with E-state index in [0.717, 1.165) is 5.69 Å². The topological polar surface area (TPSA) is 73.4 Å². The molecule has 6 nitrogen and oxygen atoms in total. The number of hydrogen-bond acceptors (Lipinski definition) is 4. The molecule has 1 rings (SSSR count). The number of aryl methyl sites for hydroxylation is 1. The zero-order valence-electron chi connectivity index (χ0n) is 10.8. The second-order valence-electron chi connectivity index (χ2n) is 4.17. The van der Waals surface area contributed by atoms with Crippen molar-refractivity contribution >= 4 is 5.91 Å². The molecule has 1 atom stereocenters. The summed E-state index contributed by atoms with van der Waals surface area (Å²) in [6, 6.07) is -0.175. The minimum Gasteiger partial charge on any atom is -0.383 e. The van der Waals surface area contributed by atoms with Gasteiger partial charge in [0.25, 0.3) is 5.91 Å². The summed E-state index contributed by atoms with van der Waals surface area (Å²) in [5, 5.41) is 4.05. The summed E-state index contributed by atoms with van der Waals surface area (Å²) in [6.07, 6.45) is 1.58. The number of hydrogen-bond donors (Lipinski definition) is 1. The molecule has 1 aromatic heterocycles. The third-order valence-electron chi connectivity index (χ3n) is 2.70. The number of amides is 1. The molecule has 0 aliphatic carbocycles. The van der Waals surface area contributed by atoms with Gasteiger partial charge in [-0.25, -0.2) is 0 Å². The van der Waals surface area contributed by atoms with Gasteiger partial charge in [-0.3, -0.25) is 9.48 Å². The summed E-state index contributed by atoms with van der Waals surface area (Å²) < 4.78 is 6.62. The van der Waals surface area contributed by atoms with Gasteiger partial charge in [-0.05, 0) is 6.92 Å². The lowest BCUT2D eigenvalue weighted by molar-refractivity contribution is 0.0764. The molecule has 0 bridgehead atoms. The van der Waals surface area contributed by atoms with Crippen molar-refractivity contribution in [3.63, 3.8) is 0 Å². The highest BCUT2D eigenvalue weighted by molar-refractivity contribution is 5.94. The summed E-state index contributed by atoms with van der Waals surface area (Å²) in [7, 11) is 5.13. The minimum atomic E-state index is -0.175. The summed E-state index contributed by atoms with van der Waals surface area (Å²) in [5.74, 6) is -0.0675. The van der Waals surface area contributed by atoms with Gasteiger partial charge >= 0.3 is 0 Å². The normalized spacial score (nSPS) is 12.5. The Morgan fingerprint density at radius 3 is 2.82 bits per heavy atom. The number of carbonyl (C=O) groups is 1. The maximum absolute atomic E-state index is 12.1. The highest BCUT2D eigenvalue weighted by Crippen LogP contribution is 2.08. The maximum atomic E-state index is 12.1. The van der Waals surface area contributed by atoms with Crippen LogP contribution < -0.4 is 5.73 Å². The van der Waals surface area contributed by atoms with Gasteiger partial charge in [0.05, 0.1) is 18.4 Å². The average molecular weight is 240 g/mol. The fraction of sp³-hybridized carbons (Fsp3) is 0.636. The fourth-order valence-electron chi connectivity index (χ4n) is 1.62. The number of methoxy groups -OCH3 is 1. The lowest BCUT2D eigenvalue weighted by Crippen LogP contribution is -2.41. The van der Waals surface area contributed by atoms with E-state index >= 15 is 0 Å². The third kappa shape index (κ3) is 3.28. The number of ether oxygens (including phenoxy) is 1. The van der Waals surface area contributed by atoms with Gasteiger partial charge < -0.3 is 15.4 Å². The molecule has 1 aromatic rings. The molecule has 96 valence electrons. The Morgan fingerprint density at radius 1 is 1.71 bits per heavy atom. The van der Waals surface area contributed by atoms with E-state index in [1.165, 1.54) is 0 Å². The smallest absolute Gasteiger partial charge is 0.257 e. The van der Waals surface area contributed by atoms with Crippen molar-refractivity contribution in [3.8, 4) is 0 Å². The molecular weight excluding hydrogens is 220 g/mol. The number of carbonyl (C=O) groups excluding carboxylic acids is 1. The number of likely N-dealkylation sites (N-methyl/N-ethyl adjacent to an activating group) is 1. The number of rotatable bonds is 5. The summed E-state index contributed by atoms with van der Waals surface area (Å²) in [5.41, 5.74) is 7.26. The van der Waals surface area contributed by atoms with Gasteiger partial charge in [0.15, 0.2) is 0 Å². The standard InChI is InChI=1S/C11H20N4O2/c1-8-10(5-13-15(8)3)11(16)14(2)6-9(12)7-17-4/h5,9H,6-7,12H2,1-4H3. The first-order chi connectivity index (χ1) is 7.97. The number of nitrogens with two attached hydrogens (primary N) is 1. The van der Waals surface area contributed by atoms with Crippen LogP contribution in [0.1, 0.15) is 16.1 Å². The van der Waals surface area contributed by atoms with E-state index in [1.54, 1.807) is 29.9 Å². The largest absolute Gasteiger partial charge is 0.383 e. The van der Waals surface area contributed by atoms with Gasteiger partial charge in [-0.15, -0.1) is 0 Å². The monoisotopic (exact) mass is 240 g/mol. The molecule has 0 radical (unpaired) electrons. The van der Waals surface area contributed by atoms with Gasteiger partial charge in [0, 0.05) is 39.5 Å². The molecule has 0 fully saturated rings. The Morgan fingerprint density at radius 2 is 2.35 bits per heavy atom. The van der Waals surface area contributed by atoms with Crippen LogP contribution in [0.15, 0.2) is 6.20 Å². The predicted octanol–water partition coefficient (Wildman–Crippen LogP) is -0.226. The van der Waals surface area contributed by atoms with Gasteiger partial charge in [-0.2, -0.15) is 5.10 Å². The SMILES string of the molecule is COCC(N)CN(C)C(=O)c1cnn(C)c1C. The van der Waals surface area contributed by atoms with E-state index in [0.29, 0.717) is 18.7 Å². The Labute approximate surface area is 101 Å². The highest BCUT2D eigenvalue weighted by atomic mass is 16.5. The van der Waals surface area contributed by atoms with Crippen LogP contribution in [0.3, 0.4) is 0 Å². The Kier molecular flexibility index (Phi) is 4.65. The highest BCUT2D eigenvalue weighted by Gasteiger charge is 2.18. The van der Waals surface area contributed by atoms with Crippen LogP contribution >= 0.6 is 0 Å². The van der Waals surface area contributed by atoms with Crippen molar-refractivity contribution in [3.05, 3.63) is 17.5 Å². The Hall–Kier alpha value is -1.40. The molecule has 0 aliphatic heterocycles. The van der Waals surface area contributed by atoms with Crippen LogP contribution in [0, 0.1) is 6.92 Å². The number of nitrogens with zero attached hydrogens (tertiary/aromatic N) is 3. The van der Waals surface area contributed by atoms with Crippen LogP contribution in [0.25, 0.3) is 0 Å². The molecule has 0 spiro atoms. The molecular formula is C11H20N4O2. The molecule has 1 amide bonds. The average Bonchev–Trinajstić information content (AvgIpc) is 2.59. The molecule has 0 saturated carbocycles. The maximum Gasteiger partial charge on any atom is 0.257 e. The lowest BCUT2D eigenvalue weighted by atomic mass is 10.2. The van der Waals surface area contributed by atoms with Crippen molar-refractivity contribution in [1.29, 1.82) is 0 Å². The van der Waals surface area contributed by atoms with Gasteiger partial charge in [0.1, 0.15) is 0 Å². The molecule has 2 N–H and O–H groups in total. The van der Waals surface area contributed by atoms with E-state index in [1.807, 2.05) is 14.0 Å². The van der Waals surface area contributed by atoms with Crippen molar-refractivity contribution in [2.45, 2.75) is 13.0 Å². The van der Waals surface area contributed by atoms with E-state index in [-0.39, 0.29) is 11.9 Å². The minimum absolute atomic E-state index is 0.0675. The van der Waals surface area contributed by atoms with Gasteiger partial charge in [0.2, 0.25) is 0 Å². The third-order valence-corrected chi connectivity index (χ3v) is 2.70. The van der Waals surface area contributed by atoms with Crippen LogP contribution in [0.5, 0.6) is 0 Å². The molecule has 17 heavy (non-hydrogen) atoms. The lowest BCUT2D eigenvalue weighted by Gasteiger charge is -2.20. The van der Waals surface area contributed by atoms with Crippen LogP contribution in [0.4, 0.5) is 0 Å². The van der Waals surface area contributed by atoms with Crippen LogP contribution in [-0.2, 0) is 11.8 Å². The van der Waals surface area contributed by atoms with E-state index in [9.17, 15) is 4.79 Å². The first kappa shape index (κ1) is 13.7. The predicted molar refractivity (Wildman–Crippen MR) is 64.8 cm³/mol. The fourth-order valence-corrected chi connectivity index (χ4v) is 1.62. The number of aromatic nitrogens is 2. The molecule has 6 heteroatoms. The van der Waals surface area contributed by atoms with Crippen molar-refractivity contribution in [1.82, 2.24) is 14.7 Å². The summed E-state index contributed by atoms with van der Waals surface area (Å²) >= 11 is 0. The van der Waals surface area contributed by atoms with E-state index in [2.05, 4.69) is 5.10 Å². The molecule has 0 saturated heterocycles. The summed E-state index contributed by atoms with van der Waals surface area (Å²) in [6.45, 7) is 2.76. The summed E-state index contributed by atoms with van der Waals surface area (Å²) in [4.78, 5) is 13.7. The van der Waals surface area contributed by atoms with Crippen molar-refractivity contribution < 1.29 is 9.53 Å². The van der Waals surface area contributed by atoms with Crippen molar-refractivity contribution in [2.24, 2.45) is 12.8 Å². The zero-order valence-corrected chi connectivity index (χ0v) is 10.8. The van der Waals surface area contributed by atoms with E-state index < -0.39 is 0 Å². The Bertz CT molecular complexity index is 389. The molecule has 0 aliphatic rings. The first-order valence-corrected chi connectivity index (χ1v) is 5.46. The zero-order chi connectivity index (χ0) is 13.0. The van der Waals surface area contributed by atoms with E-state index in [4.69, 9.17) is 10.5 Å². The second-order valence-corrected chi connectivity index (χ2v) is 4.17. The second kappa shape index (κ2) is 5.79. The molecule has 1 heterocycles. The van der Waals surface area contributed by atoms with Crippen LogP contribution in [-0.4, -0.2) is 53.9 Å². The molecule has 0 aromatic carbocycles. The molecule has 1 unspecified atom stereocenters. The first-order valence-electron chi connectivity index (χ1n) is 5.46. The van der Waals surface area contributed by atoms with Gasteiger partial charge in [-0.1, -0.05) is 0 Å². The van der Waals surface area contributed by atoms with Crippen LogP contribution in [0.2, 0.25) is 0 Å². The Balaban J connectivity index is 2.67. The quantitative estimate of drug-likeness (QED) is 0.772. The van der Waals surface area contributed by atoms with Crippen molar-refractivity contribution in [2.75, 3.05) is 27.3 Å².